The minimum Gasteiger partial charge on any atom is -0.381 e. The maximum absolute atomic E-state index is 5.03. The van der Waals surface area contributed by atoms with Crippen LogP contribution in [-0.2, 0) is 4.74 Å². The lowest BCUT2D eigenvalue weighted by Gasteiger charge is -2.26. The van der Waals surface area contributed by atoms with Crippen LogP contribution in [0, 0.1) is 5.92 Å². The van der Waals surface area contributed by atoms with Gasteiger partial charge in [-0.3, -0.25) is 0 Å². The molecule has 0 amide bonds. The Kier molecular flexibility index (Phi) is 2.49. The molecule has 56 valence electrons. The van der Waals surface area contributed by atoms with Crippen molar-refractivity contribution in [1.29, 1.82) is 0 Å². The average Bonchev–Trinajstić information content (AvgIpc) is 1.60. The van der Waals surface area contributed by atoms with Gasteiger partial charge in [-0.05, 0) is 0 Å². The molecule has 0 bridgehead atoms. The number of hydrogen-bond donors (Lipinski definition) is 1. The van der Waals surface area contributed by atoms with Crippen LogP contribution in [0.1, 0.15) is 15.3 Å². The van der Waals surface area contributed by atoms with Gasteiger partial charge in [-0.1, -0.05) is 13.8 Å². The van der Waals surface area contributed by atoms with E-state index in [4.69, 9.17) is 4.74 Å². The first-order chi connectivity index (χ1) is 4.29. The van der Waals surface area contributed by atoms with E-state index in [1.807, 2.05) is 0 Å². The van der Waals surface area contributed by atoms with Crippen LogP contribution in [0.3, 0.4) is 0 Å². The van der Waals surface area contributed by atoms with Crippen LogP contribution in [0.5, 0.6) is 0 Å². The maximum Gasteiger partial charge on any atom is 0.0528 e. The molecular formula is C7H17NO. The fourth-order valence-electron chi connectivity index (χ4n) is 0.805. The minimum atomic E-state index is 0. The zero-order valence-corrected chi connectivity index (χ0v) is 6.18. The van der Waals surface area contributed by atoms with Crippen LogP contribution in [0.15, 0.2) is 0 Å². The molecule has 1 aliphatic rings. The van der Waals surface area contributed by atoms with Crippen molar-refractivity contribution in [2.24, 2.45) is 5.92 Å². The second-order valence-electron chi connectivity index (χ2n) is 2.97. The Hall–Kier alpha value is -0.0800. The number of ether oxygens (including phenoxy) is 1. The predicted molar refractivity (Wildman–Crippen MR) is 39.6 cm³/mol. The molecule has 0 saturated carbocycles. The second-order valence-corrected chi connectivity index (χ2v) is 2.97. The zero-order valence-electron chi connectivity index (χ0n) is 6.18. The maximum atomic E-state index is 5.03. The highest BCUT2D eigenvalue weighted by Gasteiger charge is 2.17. The normalized spacial score (nSPS) is 20.3. The topological polar surface area (TPSA) is 21.3 Å². The van der Waals surface area contributed by atoms with Crippen molar-refractivity contribution < 1.29 is 6.16 Å². The van der Waals surface area contributed by atoms with Gasteiger partial charge in [0, 0.05) is 19.9 Å². The molecule has 0 aliphatic carbocycles. The molecular weight excluding hydrogens is 114 g/mol. The molecule has 0 radical (unpaired) electrons. The molecule has 0 aromatic carbocycles. The summed E-state index contributed by atoms with van der Waals surface area (Å²) in [5.74, 6) is 0.785. The van der Waals surface area contributed by atoms with Crippen molar-refractivity contribution in [2.75, 3.05) is 19.8 Å². The van der Waals surface area contributed by atoms with E-state index in [0.29, 0.717) is 6.04 Å². The first kappa shape index (κ1) is 7.03. The van der Waals surface area contributed by atoms with Gasteiger partial charge in [-0.15, -0.1) is 0 Å². The fourth-order valence-corrected chi connectivity index (χ4v) is 0.805. The molecule has 0 atom stereocenters. The molecule has 9 heavy (non-hydrogen) atoms. The molecule has 0 aromatic heterocycles. The van der Waals surface area contributed by atoms with E-state index in [-0.39, 0.29) is 1.43 Å². The van der Waals surface area contributed by atoms with Gasteiger partial charge in [0.05, 0.1) is 13.2 Å². The lowest BCUT2D eigenvalue weighted by atomic mass is 10.1. The van der Waals surface area contributed by atoms with Crippen molar-refractivity contribution in [1.82, 2.24) is 5.32 Å². The molecule has 1 N–H and O–H groups in total. The Balaban J connectivity index is 0.000000810. The van der Waals surface area contributed by atoms with E-state index >= 15 is 0 Å². The van der Waals surface area contributed by atoms with Crippen molar-refractivity contribution in [2.45, 2.75) is 19.9 Å². The Morgan fingerprint density at radius 1 is 1.67 bits per heavy atom. The van der Waals surface area contributed by atoms with Crippen LogP contribution in [0.2, 0.25) is 0 Å². The molecule has 1 rings (SSSR count). The van der Waals surface area contributed by atoms with Gasteiger partial charge >= 0.3 is 0 Å². The second kappa shape index (κ2) is 3.18. The van der Waals surface area contributed by atoms with Gasteiger partial charge < -0.3 is 10.1 Å². The highest BCUT2D eigenvalue weighted by atomic mass is 16.5. The Bertz CT molecular complexity index is 83.7. The minimum absolute atomic E-state index is 0. The van der Waals surface area contributed by atoms with Gasteiger partial charge in [-0.2, -0.15) is 0 Å². The number of rotatable bonds is 3. The quantitative estimate of drug-likeness (QED) is 0.614. The Morgan fingerprint density at radius 3 is 2.67 bits per heavy atom. The fraction of sp³-hybridized carbons (Fsp3) is 1.00. The SMILES string of the molecule is CC(C)NCC1COC1.[HH]. The van der Waals surface area contributed by atoms with E-state index in [9.17, 15) is 0 Å². The van der Waals surface area contributed by atoms with Crippen molar-refractivity contribution in [3.63, 3.8) is 0 Å². The van der Waals surface area contributed by atoms with E-state index in [0.717, 1.165) is 25.7 Å². The summed E-state index contributed by atoms with van der Waals surface area (Å²) in [6, 6.07) is 0.616. The molecule has 1 heterocycles. The largest absolute Gasteiger partial charge is 0.381 e. The van der Waals surface area contributed by atoms with Crippen molar-refractivity contribution in [3.8, 4) is 0 Å². The summed E-state index contributed by atoms with van der Waals surface area (Å²) in [5, 5.41) is 3.37. The van der Waals surface area contributed by atoms with E-state index in [2.05, 4.69) is 19.2 Å². The van der Waals surface area contributed by atoms with Crippen molar-refractivity contribution in [3.05, 3.63) is 0 Å². The standard InChI is InChI=1S/C7H15NO.H2/c1-6(2)8-3-7-4-9-5-7;/h6-8H,3-5H2,1-2H3;1H. The molecule has 0 aromatic rings. The predicted octanol–water partition coefficient (Wildman–Crippen LogP) is 0.877. The molecule has 1 fully saturated rings. The summed E-state index contributed by atoms with van der Waals surface area (Å²) in [6.45, 7) is 7.37. The highest BCUT2D eigenvalue weighted by molar-refractivity contribution is 4.68. The molecule has 2 heteroatoms. The molecule has 0 spiro atoms. The monoisotopic (exact) mass is 131 g/mol. The van der Waals surface area contributed by atoms with Gasteiger partial charge in [0.15, 0.2) is 0 Å². The third-order valence-electron chi connectivity index (χ3n) is 1.52. The van der Waals surface area contributed by atoms with Gasteiger partial charge in [0.2, 0.25) is 0 Å². The van der Waals surface area contributed by atoms with E-state index in [1.54, 1.807) is 0 Å². The van der Waals surface area contributed by atoms with Crippen molar-refractivity contribution >= 4 is 0 Å². The summed E-state index contributed by atoms with van der Waals surface area (Å²) in [5.41, 5.74) is 0. The van der Waals surface area contributed by atoms with Gasteiger partial charge in [0.1, 0.15) is 0 Å². The molecule has 1 aliphatic heterocycles. The lowest BCUT2D eigenvalue weighted by molar-refractivity contribution is -0.0313. The first-order valence-electron chi connectivity index (χ1n) is 3.60. The van der Waals surface area contributed by atoms with Gasteiger partial charge in [-0.25, -0.2) is 0 Å². The first-order valence-corrected chi connectivity index (χ1v) is 3.60. The Morgan fingerprint density at radius 2 is 2.33 bits per heavy atom. The van der Waals surface area contributed by atoms with Crippen LogP contribution in [0.4, 0.5) is 0 Å². The third kappa shape index (κ3) is 2.33. The highest BCUT2D eigenvalue weighted by Crippen LogP contribution is 2.07. The van der Waals surface area contributed by atoms with Crippen LogP contribution >= 0.6 is 0 Å². The Labute approximate surface area is 58.1 Å². The number of nitrogens with one attached hydrogen (secondary N) is 1. The van der Waals surface area contributed by atoms with E-state index < -0.39 is 0 Å². The van der Waals surface area contributed by atoms with Crippen LogP contribution in [-0.4, -0.2) is 25.8 Å². The summed E-state index contributed by atoms with van der Waals surface area (Å²) in [6.07, 6.45) is 0. The summed E-state index contributed by atoms with van der Waals surface area (Å²) in [4.78, 5) is 0. The lowest BCUT2D eigenvalue weighted by Crippen LogP contribution is -2.39. The van der Waals surface area contributed by atoms with Crippen LogP contribution in [0.25, 0.3) is 0 Å². The van der Waals surface area contributed by atoms with Crippen LogP contribution < -0.4 is 5.32 Å². The smallest absolute Gasteiger partial charge is 0.0528 e. The molecule has 2 nitrogen and oxygen atoms in total. The number of hydrogen-bond acceptors (Lipinski definition) is 2. The average molecular weight is 131 g/mol. The van der Waals surface area contributed by atoms with Gasteiger partial charge in [0.25, 0.3) is 0 Å². The zero-order chi connectivity index (χ0) is 6.69. The summed E-state index contributed by atoms with van der Waals surface area (Å²) in [7, 11) is 0. The third-order valence-corrected chi connectivity index (χ3v) is 1.52. The summed E-state index contributed by atoms with van der Waals surface area (Å²) >= 11 is 0. The van der Waals surface area contributed by atoms with E-state index in [1.165, 1.54) is 0 Å². The summed E-state index contributed by atoms with van der Waals surface area (Å²) < 4.78 is 5.03. The molecule has 1 saturated heterocycles. The molecule has 0 unspecified atom stereocenters.